The number of fused-ring (bicyclic) bond motifs is 1. The average molecular weight is 588 g/mol. The lowest BCUT2D eigenvalue weighted by atomic mass is 10.1. The Balaban J connectivity index is 1.77. The van der Waals surface area contributed by atoms with Crippen LogP contribution in [-0.4, -0.2) is 49.6 Å². The van der Waals surface area contributed by atoms with Crippen molar-refractivity contribution < 1.29 is 18.7 Å². The number of hydrogen-bond donors (Lipinski definition) is 2. The first-order chi connectivity index (χ1) is 20.7. The predicted octanol–water partition coefficient (Wildman–Crippen LogP) is 7.74. The zero-order valence-electron chi connectivity index (χ0n) is 25.6. The number of benzene rings is 2. The highest BCUT2D eigenvalue weighted by atomic mass is 19.1. The van der Waals surface area contributed by atoms with Crippen molar-refractivity contribution in [1.29, 1.82) is 5.26 Å². The largest absolute Gasteiger partial charge is 0.492 e. The number of ether oxygens (including phenoxy) is 2. The molecule has 1 aromatic heterocycles. The number of hydrogen-bond acceptors (Lipinski definition) is 7. The molecule has 0 aliphatic carbocycles. The summed E-state index contributed by atoms with van der Waals surface area (Å²) >= 11 is 0. The summed E-state index contributed by atoms with van der Waals surface area (Å²) in [6.07, 6.45) is 10.4. The summed E-state index contributed by atoms with van der Waals surface area (Å²) in [5, 5.41) is 16.6. The minimum Gasteiger partial charge on any atom is -0.492 e. The van der Waals surface area contributed by atoms with Gasteiger partial charge in [-0.05, 0) is 84.8 Å². The fourth-order valence-electron chi connectivity index (χ4n) is 4.44. The van der Waals surface area contributed by atoms with E-state index >= 15 is 0 Å². The number of nitrogens with one attached hydrogen (secondary N) is 2. The third-order valence-electron chi connectivity index (χ3n) is 6.77. The van der Waals surface area contributed by atoms with E-state index in [0.29, 0.717) is 59.8 Å². The van der Waals surface area contributed by atoms with Crippen LogP contribution in [0.25, 0.3) is 10.9 Å². The maximum absolute atomic E-state index is 15.0. The molecule has 0 bridgehead atoms. The molecule has 43 heavy (non-hydrogen) atoms. The number of nitrogens with zero attached hydrogens (tertiary/aromatic N) is 3. The fraction of sp³-hybridized carbons (Fsp3) is 0.382. The summed E-state index contributed by atoms with van der Waals surface area (Å²) in [5.74, 6) is 0.0118. The Morgan fingerprint density at radius 2 is 1.95 bits per heavy atom. The molecule has 1 amide bonds. The van der Waals surface area contributed by atoms with Gasteiger partial charge in [0.05, 0.1) is 35.7 Å². The highest BCUT2D eigenvalue weighted by Gasteiger charge is 2.16. The SMILES string of the molecule is C=C/C(C)=C\CCCCCOc1ccc(Nc2c(C#N)cnc3cc(OCC)c(NC(=O)CCCN(C)C)cc23)cc1F. The molecule has 8 nitrogen and oxygen atoms in total. The van der Waals surface area contributed by atoms with Gasteiger partial charge in [0, 0.05) is 35.8 Å². The van der Waals surface area contributed by atoms with Gasteiger partial charge in [-0.15, -0.1) is 0 Å². The molecule has 2 N–H and O–H groups in total. The number of nitriles is 1. The number of carbonyl (C=O) groups is 1. The summed E-state index contributed by atoms with van der Waals surface area (Å²) < 4.78 is 26.4. The zero-order valence-corrected chi connectivity index (χ0v) is 25.6. The summed E-state index contributed by atoms with van der Waals surface area (Å²) in [6.45, 7) is 9.26. The molecule has 0 fully saturated rings. The van der Waals surface area contributed by atoms with Crippen molar-refractivity contribution in [2.24, 2.45) is 0 Å². The third kappa shape index (κ3) is 10.1. The van der Waals surface area contributed by atoms with E-state index in [4.69, 9.17) is 9.47 Å². The van der Waals surface area contributed by atoms with E-state index in [2.05, 4.69) is 34.3 Å². The first kappa shape index (κ1) is 33.1. The number of aromatic nitrogens is 1. The van der Waals surface area contributed by atoms with Crippen LogP contribution in [0.3, 0.4) is 0 Å². The highest BCUT2D eigenvalue weighted by Crippen LogP contribution is 2.36. The number of pyridine rings is 1. The Morgan fingerprint density at radius 3 is 2.65 bits per heavy atom. The Hall–Kier alpha value is -4.42. The summed E-state index contributed by atoms with van der Waals surface area (Å²) in [6, 6.07) is 10.3. The number of rotatable bonds is 17. The number of unbranched alkanes of at least 4 members (excludes halogenated alkanes) is 3. The molecular formula is C34H42FN5O3. The van der Waals surface area contributed by atoms with Crippen molar-refractivity contribution in [3.05, 3.63) is 72.2 Å². The van der Waals surface area contributed by atoms with Crippen molar-refractivity contribution >= 4 is 33.9 Å². The highest BCUT2D eigenvalue weighted by molar-refractivity contribution is 6.02. The lowest BCUT2D eigenvalue weighted by Gasteiger charge is -2.17. The van der Waals surface area contributed by atoms with E-state index in [-0.39, 0.29) is 17.2 Å². The molecule has 2 aromatic carbocycles. The van der Waals surface area contributed by atoms with Crippen LogP contribution in [0.5, 0.6) is 11.5 Å². The summed E-state index contributed by atoms with van der Waals surface area (Å²) in [7, 11) is 3.92. The van der Waals surface area contributed by atoms with E-state index in [1.54, 1.807) is 24.3 Å². The quantitative estimate of drug-likeness (QED) is 0.123. The summed E-state index contributed by atoms with van der Waals surface area (Å²) in [5.41, 5.74) is 3.38. The van der Waals surface area contributed by atoms with Crippen molar-refractivity contribution in [1.82, 2.24) is 9.88 Å². The monoisotopic (exact) mass is 587 g/mol. The first-order valence-corrected chi connectivity index (χ1v) is 14.7. The van der Waals surface area contributed by atoms with Crippen LogP contribution in [0, 0.1) is 17.1 Å². The van der Waals surface area contributed by atoms with Crippen molar-refractivity contribution in [2.45, 2.75) is 52.4 Å². The van der Waals surface area contributed by atoms with Gasteiger partial charge in [-0.25, -0.2) is 4.39 Å². The van der Waals surface area contributed by atoms with Gasteiger partial charge in [0.1, 0.15) is 11.8 Å². The van der Waals surface area contributed by atoms with Gasteiger partial charge in [0.2, 0.25) is 5.91 Å². The Labute approximate surface area is 254 Å². The van der Waals surface area contributed by atoms with Gasteiger partial charge in [-0.2, -0.15) is 5.26 Å². The van der Waals surface area contributed by atoms with Crippen LogP contribution in [0.15, 0.2) is 60.8 Å². The van der Waals surface area contributed by atoms with Crippen LogP contribution < -0.4 is 20.1 Å². The molecule has 0 unspecified atom stereocenters. The number of amides is 1. The second-order valence-corrected chi connectivity index (χ2v) is 10.5. The van der Waals surface area contributed by atoms with Crippen LogP contribution in [0.1, 0.15) is 57.9 Å². The van der Waals surface area contributed by atoms with E-state index < -0.39 is 5.82 Å². The van der Waals surface area contributed by atoms with Gasteiger partial charge in [-0.1, -0.05) is 24.3 Å². The third-order valence-corrected chi connectivity index (χ3v) is 6.77. The number of allylic oxidation sites excluding steroid dienone is 3. The van der Waals surface area contributed by atoms with Crippen LogP contribution in [-0.2, 0) is 4.79 Å². The van der Waals surface area contributed by atoms with E-state index in [1.165, 1.54) is 17.8 Å². The topological polar surface area (TPSA) is 99.5 Å². The molecule has 0 atom stereocenters. The Kier molecular flexibility index (Phi) is 13.0. The number of anilines is 3. The molecular weight excluding hydrogens is 545 g/mol. The van der Waals surface area contributed by atoms with Crippen molar-refractivity contribution in [3.8, 4) is 17.6 Å². The maximum Gasteiger partial charge on any atom is 0.224 e. The fourth-order valence-corrected chi connectivity index (χ4v) is 4.44. The predicted molar refractivity (Wildman–Crippen MR) is 172 cm³/mol. The molecule has 0 radical (unpaired) electrons. The molecule has 9 heteroatoms. The normalized spacial score (nSPS) is 11.3. The average Bonchev–Trinajstić information content (AvgIpc) is 2.98. The van der Waals surface area contributed by atoms with E-state index in [1.807, 2.05) is 38.9 Å². The first-order valence-electron chi connectivity index (χ1n) is 14.7. The molecule has 0 spiro atoms. The zero-order chi connectivity index (χ0) is 31.2. The van der Waals surface area contributed by atoms with Crippen LogP contribution in [0.2, 0.25) is 0 Å². The summed E-state index contributed by atoms with van der Waals surface area (Å²) in [4.78, 5) is 19.2. The van der Waals surface area contributed by atoms with Crippen LogP contribution in [0.4, 0.5) is 21.5 Å². The van der Waals surface area contributed by atoms with Gasteiger partial charge >= 0.3 is 0 Å². The Morgan fingerprint density at radius 1 is 1.14 bits per heavy atom. The number of halogens is 1. The minimum atomic E-state index is -0.504. The number of carbonyl (C=O) groups excluding carboxylic acids is 1. The van der Waals surface area contributed by atoms with Gasteiger partial charge < -0.3 is 25.0 Å². The molecule has 0 aliphatic heterocycles. The van der Waals surface area contributed by atoms with Crippen molar-refractivity contribution in [3.63, 3.8) is 0 Å². The Bertz CT molecular complexity index is 1480. The van der Waals surface area contributed by atoms with Gasteiger partial charge in [0.25, 0.3) is 0 Å². The molecule has 1 heterocycles. The molecule has 0 saturated heterocycles. The minimum absolute atomic E-state index is 0.140. The second-order valence-electron chi connectivity index (χ2n) is 10.5. The lowest BCUT2D eigenvalue weighted by Crippen LogP contribution is -2.17. The standard InChI is InChI=1S/C34H42FN5O3/c1-6-24(3)13-10-8-9-11-18-43-31-16-15-26(19-28(31)35)38-34-25(22-36)23-37-29-21-32(42-7-2)30(20-27(29)34)39-33(41)14-12-17-40(4)5/h6,13,15-16,19-21,23H,1,7-12,14,17-18H2,2-5H3,(H,37,38)(H,39,41)/b24-13-. The van der Waals surface area contributed by atoms with Gasteiger partial charge in [0.15, 0.2) is 11.6 Å². The van der Waals surface area contributed by atoms with Crippen LogP contribution >= 0.6 is 0 Å². The molecule has 0 aliphatic rings. The van der Waals surface area contributed by atoms with E-state index in [9.17, 15) is 14.4 Å². The van der Waals surface area contributed by atoms with Gasteiger partial charge in [-0.3, -0.25) is 9.78 Å². The second kappa shape index (κ2) is 16.9. The molecule has 3 rings (SSSR count). The maximum atomic E-state index is 15.0. The molecule has 3 aromatic rings. The van der Waals surface area contributed by atoms with E-state index in [0.717, 1.165) is 32.2 Å². The van der Waals surface area contributed by atoms with Crippen molar-refractivity contribution in [2.75, 3.05) is 44.5 Å². The lowest BCUT2D eigenvalue weighted by molar-refractivity contribution is -0.116. The molecule has 0 saturated carbocycles. The smallest absolute Gasteiger partial charge is 0.224 e. The molecule has 228 valence electrons.